The quantitative estimate of drug-likeness (QED) is 0.845. The SMILES string of the molecule is CCS(=O)(=O)Nc1ccccc1C(=O)N1C[C@H]2CNC[C@H]2C1.Cl. The third kappa shape index (κ3) is 3.79. The molecule has 0 bridgehead atoms. The molecule has 2 atom stereocenters. The Morgan fingerprint density at radius 1 is 1.26 bits per heavy atom. The maximum absolute atomic E-state index is 12.7. The number of carbonyl (C=O) groups is 1. The fourth-order valence-corrected chi connectivity index (χ4v) is 3.85. The molecular weight excluding hydrogens is 338 g/mol. The molecular formula is C15H22ClN3O3S. The van der Waals surface area contributed by atoms with Crippen molar-refractivity contribution in [2.45, 2.75) is 6.92 Å². The van der Waals surface area contributed by atoms with Crippen LogP contribution in [-0.2, 0) is 10.0 Å². The summed E-state index contributed by atoms with van der Waals surface area (Å²) in [7, 11) is -3.40. The number of nitrogens with zero attached hydrogens (tertiary/aromatic N) is 1. The number of hydrogen-bond acceptors (Lipinski definition) is 4. The zero-order valence-electron chi connectivity index (χ0n) is 13.0. The van der Waals surface area contributed by atoms with Crippen molar-refractivity contribution in [3.05, 3.63) is 29.8 Å². The molecule has 6 nitrogen and oxygen atoms in total. The van der Waals surface area contributed by atoms with E-state index in [4.69, 9.17) is 0 Å². The van der Waals surface area contributed by atoms with Crippen LogP contribution >= 0.6 is 12.4 Å². The van der Waals surface area contributed by atoms with Gasteiger partial charge in [0.2, 0.25) is 10.0 Å². The topological polar surface area (TPSA) is 78.5 Å². The highest BCUT2D eigenvalue weighted by atomic mass is 35.5. The van der Waals surface area contributed by atoms with E-state index >= 15 is 0 Å². The molecule has 8 heteroatoms. The summed E-state index contributed by atoms with van der Waals surface area (Å²) in [5.41, 5.74) is 0.789. The first-order chi connectivity index (χ1) is 10.5. The number of anilines is 1. The van der Waals surface area contributed by atoms with E-state index in [1.165, 1.54) is 0 Å². The van der Waals surface area contributed by atoms with Crippen LogP contribution in [0, 0.1) is 11.8 Å². The summed E-state index contributed by atoms with van der Waals surface area (Å²) >= 11 is 0. The van der Waals surface area contributed by atoms with Crippen LogP contribution < -0.4 is 10.0 Å². The van der Waals surface area contributed by atoms with Gasteiger partial charge in [-0.05, 0) is 30.9 Å². The smallest absolute Gasteiger partial charge is 0.256 e. The minimum Gasteiger partial charge on any atom is -0.338 e. The minimum atomic E-state index is -3.40. The van der Waals surface area contributed by atoms with Crippen LogP contribution in [0.3, 0.4) is 0 Å². The van der Waals surface area contributed by atoms with E-state index in [0.717, 1.165) is 26.2 Å². The lowest BCUT2D eigenvalue weighted by Crippen LogP contribution is -2.32. The predicted octanol–water partition coefficient (Wildman–Crippen LogP) is 1.16. The number of sulfonamides is 1. The van der Waals surface area contributed by atoms with Crippen molar-refractivity contribution in [1.29, 1.82) is 0 Å². The van der Waals surface area contributed by atoms with Gasteiger partial charge in [-0.25, -0.2) is 8.42 Å². The molecule has 0 unspecified atom stereocenters. The van der Waals surface area contributed by atoms with Gasteiger partial charge in [0.05, 0.1) is 17.0 Å². The molecule has 2 fully saturated rings. The molecule has 1 amide bonds. The molecule has 1 aromatic carbocycles. The second kappa shape index (κ2) is 7.07. The Bertz CT molecular complexity index is 668. The van der Waals surface area contributed by atoms with Crippen molar-refractivity contribution in [1.82, 2.24) is 10.2 Å². The second-order valence-corrected chi connectivity index (χ2v) is 7.95. The van der Waals surface area contributed by atoms with E-state index in [9.17, 15) is 13.2 Å². The number of fused-ring (bicyclic) bond motifs is 1. The number of likely N-dealkylation sites (tertiary alicyclic amines) is 1. The summed E-state index contributed by atoms with van der Waals surface area (Å²) in [5, 5.41) is 3.34. The van der Waals surface area contributed by atoms with Gasteiger partial charge in [0.1, 0.15) is 0 Å². The minimum absolute atomic E-state index is 0. The number of halogens is 1. The largest absolute Gasteiger partial charge is 0.338 e. The van der Waals surface area contributed by atoms with Crippen LogP contribution in [0.4, 0.5) is 5.69 Å². The monoisotopic (exact) mass is 359 g/mol. The Kier molecular flexibility index (Phi) is 5.54. The van der Waals surface area contributed by atoms with Gasteiger partial charge in [-0.2, -0.15) is 0 Å². The lowest BCUT2D eigenvalue weighted by molar-refractivity contribution is 0.0783. The van der Waals surface area contributed by atoms with E-state index < -0.39 is 10.0 Å². The second-order valence-electron chi connectivity index (χ2n) is 5.94. The van der Waals surface area contributed by atoms with Gasteiger partial charge in [0.25, 0.3) is 5.91 Å². The standard InChI is InChI=1S/C15H21N3O3S.ClH/c1-2-22(20,21)17-14-6-4-3-5-13(14)15(19)18-9-11-7-16-8-12(11)10-18;/h3-6,11-12,16-17H,2,7-10H2,1H3;1H/t11-,12+;. The lowest BCUT2D eigenvalue weighted by Gasteiger charge is -2.19. The van der Waals surface area contributed by atoms with E-state index in [2.05, 4.69) is 10.0 Å². The Labute approximate surface area is 143 Å². The van der Waals surface area contributed by atoms with Gasteiger partial charge in [0, 0.05) is 26.2 Å². The molecule has 2 aliphatic heterocycles. The van der Waals surface area contributed by atoms with Crippen molar-refractivity contribution in [2.24, 2.45) is 11.8 Å². The first-order valence-electron chi connectivity index (χ1n) is 7.59. The highest BCUT2D eigenvalue weighted by molar-refractivity contribution is 7.92. The summed E-state index contributed by atoms with van der Waals surface area (Å²) in [6, 6.07) is 6.81. The average molecular weight is 360 g/mol. The summed E-state index contributed by atoms with van der Waals surface area (Å²) in [4.78, 5) is 14.6. The van der Waals surface area contributed by atoms with Crippen LogP contribution in [0.1, 0.15) is 17.3 Å². The van der Waals surface area contributed by atoms with E-state index in [1.807, 2.05) is 4.90 Å². The van der Waals surface area contributed by atoms with Crippen molar-refractivity contribution in [3.63, 3.8) is 0 Å². The van der Waals surface area contributed by atoms with Crippen LogP contribution in [0.15, 0.2) is 24.3 Å². The van der Waals surface area contributed by atoms with E-state index in [0.29, 0.717) is 23.1 Å². The number of nitrogens with one attached hydrogen (secondary N) is 2. The van der Waals surface area contributed by atoms with Gasteiger partial charge < -0.3 is 10.2 Å². The number of para-hydroxylation sites is 1. The molecule has 2 saturated heterocycles. The fourth-order valence-electron chi connectivity index (χ4n) is 3.19. The number of hydrogen-bond donors (Lipinski definition) is 2. The lowest BCUT2D eigenvalue weighted by atomic mass is 10.0. The predicted molar refractivity (Wildman–Crippen MR) is 92.5 cm³/mol. The molecule has 0 aliphatic carbocycles. The molecule has 2 aliphatic rings. The zero-order chi connectivity index (χ0) is 15.7. The Morgan fingerprint density at radius 2 is 1.87 bits per heavy atom. The summed E-state index contributed by atoms with van der Waals surface area (Å²) in [6.45, 7) is 4.97. The van der Waals surface area contributed by atoms with Crippen molar-refractivity contribution >= 4 is 34.0 Å². The molecule has 2 N–H and O–H groups in total. The normalized spacial score (nSPS) is 23.3. The highest BCUT2D eigenvalue weighted by Gasteiger charge is 2.38. The molecule has 23 heavy (non-hydrogen) atoms. The summed E-state index contributed by atoms with van der Waals surface area (Å²) in [5.74, 6) is 0.922. The van der Waals surface area contributed by atoms with Crippen molar-refractivity contribution in [2.75, 3.05) is 36.7 Å². The third-order valence-electron chi connectivity index (χ3n) is 4.48. The average Bonchev–Trinajstić information content (AvgIpc) is 3.08. The molecule has 0 aromatic heterocycles. The molecule has 2 heterocycles. The van der Waals surface area contributed by atoms with E-state index in [-0.39, 0.29) is 24.1 Å². The van der Waals surface area contributed by atoms with Gasteiger partial charge >= 0.3 is 0 Å². The van der Waals surface area contributed by atoms with Gasteiger partial charge in [-0.1, -0.05) is 12.1 Å². The first kappa shape index (κ1) is 18.0. The first-order valence-corrected chi connectivity index (χ1v) is 9.25. The molecule has 128 valence electrons. The maximum Gasteiger partial charge on any atom is 0.256 e. The summed E-state index contributed by atoms with van der Waals surface area (Å²) in [6.07, 6.45) is 0. The van der Waals surface area contributed by atoms with Crippen molar-refractivity contribution < 1.29 is 13.2 Å². The van der Waals surface area contributed by atoms with E-state index in [1.54, 1.807) is 31.2 Å². The van der Waals surface area contributed by atoms with Crippen LogP contribution in [-0.4, -0.2) is 51.2 Å². The molecule has 1 aromatic rings. The Morgan fingerprint density at radius 3 is 2.48 bits per heavy atom. The molecule has 0 radical (unpaired) electrons. The number of benzene rings is 1. The molecule has 3 rings (SSSR count). The maximum atomic E-state index is 12.7. The highest BCUT2D eigenvalue weighted by Crippen LogP contribution is 2.29. The molecule has 0 saturated carbocycles. The summed E-state index contributed by atoms with van der Waals surface area (Å²) < 4.78 is 26.1. The fraction of sp³-hybridized carbons (Fsp3) is 0.533. The molecule has 0 spiro atoms. The zero-order valence-corrected chi connectivity index (χ0v) is 14.6. The van der Waals surface area contributed by atoms with Crippen LogP contribution in [0.2, 0.25) is 0 Å². The van der Waals surface area contributed by atoms with Gasteiger partial charge in [-0.15, -0.1) is 12.4 Å². The van der Waals surface area contributed by atoms with Crippen LogP contribution in [0.25, 0.3) is 0 Å². The number of rotatable bonds is 4. The van der Waals surface area contributed by atoms with Gasteiger partial charge in [-0.3, -0.25) is 9.52 Å². The van der Waals surface area contributed by atoms with Gasteiger partial charge in [0.15, 0.2) is 0 Å². The Hall–Kier alpha value is -1.31. The number of carbonyl (C=O) groups excluding carboxylic acids is 1. The van der Waals surface area contributed by atoms with Crippen molar-refractivity contribution in [3.8, 4) is 0 Å². The third-order valence-corrected chi connectivity index (χ3v) is 5.77. The number of amides is 1. The van der Waals surface area contributed by atoms with Crippen LogP contribution in [0.5, 0.6) is 0 Å². The Balaban J connectivity index is 0.00000192.